The molecule has 2 nitrogen and oxygen atoms in total. The third kappa shape index (κ3) is 4.24. The van der Waals surface area contributed by atoms with Crippen molar-refractivity contribution >= 4 is 15.9 Å². The summed E-state index contributed by atoms with van der Waals surface area (Å²) in [4.78, 5) is 0. The molecule has 2 atom stereocenters. The minimum Gasteiger partial charge on any atom is -0.377 e. The molecule has 2 N–H and O–H groups in total. The van der Waals surface area contributed by atoms with Crippen LogP contribution in [0.3, 0.4) is 0 Å². The zero-order valence-electron chi connectivity index (χ0n) is 9.95. The van der Waals surface area contributed by atoms with Gasteiger partial charge in [-0.25, -0.2) is 0 Å². The molecule has 0 fully saturated rings. The van der Waals surface area contributed by atoms with Gasteiger partial charge in [-0.1, -0.05) is 35.0 Å². The van der Waals surface area contributed by atoms with Gasteiger partial charge in [0.1, 0.15) is 0 Å². The highest BCUT2D eigenvalue weighted by atomic mass is 79.9. The van der Waals surface area contributed by atoms with Crippen LogP contribution in [0.15, 0.2) is 28.7 Å². The smallest absolute Gasteiger partial charge is 0.0726 e. The molecule has 0 aliphatic rings. The van der Waals surface area contributed by atoms with E-state index in [1.165, 1.54) is 5.56 Å². The van der Waals surface area contributed by atoms with Crippen molar-refractivity contribution in [1.82, 2.24) is 0 Å². The Kier molecular flexibility index (Phi) is 6.03. The van der Waals surface area contributed by atoms with Crippen LogP contribution in [0.25, 0.3) is 0 Å². The monoisotopic (exact) mass is 285 g/mol. The fourth-order valence-corrected chi connectivity index (χ4v) is 2.27. The second-order valence-corrected chi connectivity index (χ2v) is 4.82. The van der Waals surface area contributed by atoms with Crippen LogP contribution in [-0.4, -0.2) is 18.8 Å². The number of nitrogens with two attached hydrogens (primary N) is 1. The molecule has 0 radical (unpaired) electrons. The van der Waals surface area contributed by atoms with E-state index in [0.717, 1.165) is 23.9 Å². The van der Waals surface area contributed by atoms with Crippen molar-refractivity contribution in [3.8, 4) is 0 Å². The van der Waals surface area contributed by atoms with Crippen molar-refractivity contribution in [2.75, 3.05) is 6.61 Å². The Balaban J connectivity index is 2.58. The first-order valence-corrected chi connectivity index (χ1v) is 6.58. The molecule has 1 rings (SSSR count). The van der Waals surface area contributed by atoms with Gasteiger partial charge in [-0.2, -0.15) is 0 Å². The Morgan fingerprint density at radius 2 is 2.12 bits per heavy atom. The van der Waals surface area contributed by atoms with Gasteiger partial charge < -0.3 is 10.5 Å². The van der Waals surface area contributed by atoms with Gasteiger partial charge >= 0.3 is 0 Å². The second kappa shape index (κ2) is 7.05. The number of ether oxygens (including phenoxy) is 1. The summed E-state index contributed by atoms with van der Waals surface area (Å²) >= 11 is 3.46. The molecular weight excluding hydrogens is 266 g/mol. The van der Waals surface area contributed by atoms with Gasteiger partial charge in [-0.05, 0) is 37.5 Å². The highest BCUT2D eigenvalue weighted by Crippen LogP contribution is 2.15. The quantitative estimate of drug-likeness (QED) is 0.872. The van der Waals surface area contributed by atoms with Gasteiger partial charge in [0.25, 0.3) is 0 Å². The van der Waals surface area contributed by atoms with Crippen molar-refractivity contribution in [2.45, 2.75) is 38.8 Å². The normalized spacial score (nSPS) is 14.8. The van der Waals surface area contributed by atoms with Gasteiger partial charge in [0, 0.05) is 17.1 Å². The lowest BCUT2D eigenvalue weighted by Crippen LogP contribution is -2.38. The molecule has 3 heteroatoms. The maximum atomic E-state index is 6.16. The van der Waals surface area contributed by atoms with Gasteiger partial charge in [0.05, 0.1) is 6.10 Å². The highest BCUT2D eigenvalue weighted by Gasteiger charge is 2.16. The summed E-state index contributed by atoms with van der Waals surface area (Å²) < 4.78 is 6.72. The minimum atomic E-state index is 0.0687. The third-order valence-electron chi connectivity index (χ3n) is 2.62. The lowest BCUT2D eigenvalue weighted by molar-refractivity contribution is 0.0417. The molecule has 0 saturated heterocycles. The van der Waals surface area contributed by atoms with Crippen LogP contribution in [0.5, 0.6) is 0 Å². The van der Waals surface area contributed by atoms with Crippen molar-refractivity contribution in [2.24, 2.45) is 5.73 Å². The van der Waals surface area contributed by atoms with Gasteiger partial charge in [-0.15, -0.1) is 0 Å². The molecular formula is C13H20BrNO. The minimum absolute atomic E-state index is 0.0687. The summed E-state index contributed by atoms with van der Waals surface area (Å²) in [5.74, 6) is 0. The Hall–Kier alpha value is -0.380. The Morgan fingerprint density at radius 1 is 1.38 bits per heavy atom. The molecule has 0 bridgehead atoms. The standard InChI is InChI=1S/C13H20BrNO/c1-3-13(16-4-2)12(15)9-10-6-5-7-11(14)8-10/h5-8,12-13H,3-4,9,15H2,1-2H3. The summed E-state index contributed by atoms with van der Waals surface area (Å²) in [7, 11) is 0. The lowest BCUT2D eigenvalue weighted by atomic mass is 10.0. The first-order valence-electron chi connectivity index (χ1n) is 5.79. The van der Waals surface area contributed by atoms with E-state index in [9.17, 15) is 0 Å². The average Bonchev–Trinajstić information content (AvgIpc) is 2.25. The molecule has 16 heavy (non-hydrogen) atoms. The maximum Gasteiger partial charge on any atom is 0.0726 e. The molecule has 1 aromatic carbocycles. The first kappa shape index (κ1) is 13.7. The van der Waals surface area contributed by atoms with Crippen LogP contribution in [0.4, 0.5) is 0 Å². The van der Waals surface area contributed by atoms with Crippen molar-refractivity contribution in [3.05, 3.63) is 34.3 Å². The molecule has 2 unspecified atom stereocenters. The van der Waals surface area contributed by atoms with E-state index in [-0.39, 0.29) is 12.1 Å². The molecule has 0 amide bonds. The molecule has 0 aliphatic heterocycles. The van der Waals surface area contributed by atoms with Crippen LogP contribution in [0.2, 0.25) is 0 Å². The number of hydrogen-bond acceptors (Lipinski definition) is 2. The molecule has 0 spiro atoms. The number of benzene rings is 1. The third-order valence-corrected chi connectivity index (χ3v) is 3.11. The zero-order chi connectivity index (χ0) is 12.0. The Morgan fingerprint density at radius 3 is 2.69 bits per heavy atom. The molecule has 90 valence electrons. The zero-order valence-corrected chi connectivity index (χ0v) is 11.5. The SMILES string of the molecule is CCOC(CC)C(N)Cc1cccc(Br)c1. The van der Waals surface area contributed by atoms with Crippen LogP contribution in [0.1, 0.15) is 25.8 Å². The topological polar surface area (TPSA) is 35.2 Å². The van der Waals surface area contributed by atoms with E-state index in [4.69, 9.17) is 10.5 Å². The van der Waals surface area contributed by atoms with Crippen LogP contribution in [-0.2, 0) is 11.2 Å². The lowest BCUT2D eigenvalue weighted by Gasteiger charge is -2.22. The molecule has 1 aromatic rings. The predicted octanol–water partition coefficient (Wildman–Crippen LogP) is 3.13. The van der Waals surface area contributed by atoms with Crippen LogP contribution < -0.4 is 5.73 Å². The van der Waals surface area contributed by atoms with Crippen molar-refractivity contribution in [1.29, 1.82) is 0 Å². The molecule has 0 aliphatic carbocycles. The summed E-state index contributed by atoms with van der Waals surface area (Å²) in [6.07, 6.45) is 1.98. The summed E-state index contributed by atoms with van der Waals surface area (Å²) in [5, 5.41) is 0. The van der Waals surface area contributed by atoms with Gasteiger partial charge in [0.2, 0.25) is 0 Å². The van der Waals surface area contributed by atoms with Gasteiger partial charge in [-0.3, -0.25) is 0 Å². The second-order valence-electron chi connectivity index (χ2n) is 3.90. The molecule has 0 heterocycles. The summed E-state index contributed by atoms with van der Waals surface area (Å²) in [6.45, 7) is 4.85. The fraction of sp³-hybridized carbons (Fsp3) is 0.538. The predicted molar refractivity (Wildman–Crippen MR) is 71.5 cm³/mol. The number of halogens is 1. The van der Waals surface area contributed by atoms with Crippen LogP contribution >= 0.6 is 15.9 Å². The van der Waals surface area contributed by atoms with E-state index in [1.54, 1.807) is 0 Å². The first-order chi connectivity index (χ1) is 7.67. The van der Waals surface area contributed by atoms with E-state index in [1.807, 2.05) is 19.1 Å². The largest absolute Gasteiger partial charge is 0.377 e. The van der Waals surface area contributed by atoms with Gasteiger partial charge in [0.15, 0.2) is 0 Å². The van der Waals surface area contributed by atoms with E-state index in [2.05, 4.69) is 35.0 Å². The highest BCUT2D eigenvalue weighted by molar-refractivity contribution is 9.10. The van der Waals surface area contributed by atoms with Crippen molar-refractivity contribution in [3.63, 3.8) is 0 Å². The van der Waals surface area contributed by atoms with E-state index >= 15 is 0 Å². The maximum absolute atomic E-state index is 6.16. The Bertz CT molecular complexity index is 317. The van der Waals surface area contributed by atoms with E-state index < -0.39 is 0 Å². The number of hydrogen-bond donors (Lipinski definition) is 1. The summed E-state index contributed by atoms with van der Waals surface area (Å²) in [5.41, 5.74) is 7.41. The molecule has 0 aromatic heterocycles. The number of rotatable bonds is 6. The Labute approximate surface area is 106 Å². The van der Waals surface area contributed by atoms with Crippen molar-refractivity contribution < 1.29 is 4.74 Å². The molecule has 0 saturated carbocycles. The summed E-state index contributed by atoms with van der Waals surface area (Å²) in [6, 6.07) is 8.34. The fourth-order valence-electron chi connectivity index (χ4n) is 1.83. The average molecular weight is 286 g/mol. The van der Waals surface area contributed by atoms with E-state index in [0.29, 0.717) is 0 Å². The van der Waals surface area contributed by atoms with Crippen LogP contribution in [0, 0.1) is 0 Å².